The number of benzene rings is 2. The van der Waals surface area contributed by atoms with Crippen molar-refractivity contribution < 1.29 is 19.1 Å². The summed E-state index contributed by atoms with van der Waals surface area (Å²) in [6.45, 7) is 0. The number of anilines is 1. The summed E-state index contributed by atoms with van der Waals surface area (Å²) >= 11 is 9.34. The zero-order valence-corrected chi connectivity index (χ0v) is 16.2. The number of carbonyl (C=O) groups excluding carboxylic acids is 2. The molecule has 1 aliphatic rings. The van der Waals surface area contributed by atoms with Gasteiger partial charge in [0.15, 0.2) is 11.5 Å². The van der Waals surface area contributed by atoms with Crippen molar-refractivity contribution in [1.82, 2.24) is 5.32 Å². The molecule has 2 aromatic rings. The SMILES string of the molecule is COc1cc(Br)cc(C=C2NC(=O)N(c3cccc(Cl)c3)C2=O)c1OC. The van der Waals surface area contributed by atoms with Crippen LogP contribution in [0.25, 0.3) is 6.08 Å². The average Bonchev–Trinajstić information content (AvgIpc) is 2.88. The first-order valence-corrected chi connectivity index (χ1v) is 8.66. The van der Waals surface area contributed by atoms with E-state index in [4.69, 9.17) is 21.1 Å². The van der Waals surface area contributed by atoms with Gasteiger partial charge in [-0.3, -0.25) is 4.79 Å². The Bertz CT molecular complexity index is 929. The van der Waals surface area contributed by atoms with Crippen LogP contribution in [-0.2, 0) is 4.79 Å². The van der Waals surface area contributed by atoms with Gasteiger partial charge in [0.05, 0.1) is 19.9 Å². The largest absolute Gasteiger partial charge is 0.493 e. The number of imide groups is 1. The minimum absolute atomic E-state index is 0.119. The number of rotatable bonds is 4. The highest BCUT2D eigenvalue weighted by molar-refractivity contribution is 9.10. The summed E-state index contributed by atoms with van der Waals surface area (Å²) in [5, 5.41) is 3.00. The molecule has 2 aromatic carbocycles. The quantitative estimate of drug-likeness (QED) is 0.574. The smallest absolute Gasteiger partial charge is 0.333 e. The van der Waals surface area contributed by atoms with Gasteiger partial charge in [-0.1, -0.05) is 33.6 Å². The second-order valence-electron chi connectivity index (χ2n) is 5.34. The number of hydrogen-bond acceptors (Lipinski definition) is 4. The number of halogens is 2. The van der Waals surface area contributed by atoms with E-state index in [1.165, 1.54) is 20.3 Å². The molecule has 0 saturated carbocycles. The molecular weight excluding hydrogens is 424 g/mol. The van der Waals surface area contributed by atoms with Crippen LogP contribution in [-0.4, -0.2) is 26.2 Å². The van der Waals surface area contributed by atoms with Crippen molar-refractivity contribution in [3.05, 3.63) is 57.2 Å². The van der Waals surface area contributed by atoms with Crippen LogP contribution in [0, 0.1) is 0 Å². The van der Waals surface area contributed by atoms with E-state index in [9.17, 15) is 9.59 Å². The fraction of sp³-hybridized carbons (Fsp3) is 0.111. The third kappa shape index (κ3) is 3.40. The number of nitrogens with one attached hydrogen (secondary N) is 1. The van der Waals surface area contributed by atoms with E-state index >= 15 is 0 Å². The van der Waals surface area contributed by atoms with Gasteiger partial charge in [0.1, 0.15) is 5.70 Å². The molecule has 0 atom stereocenters. The molecule has 0 aliphatic carbocycles. The fourth-order valence-corrected chi connectivity index (χ4v) is 3.25. The molecule has 0 radical (unpaired) electrons. The average molecular weight is 438 g/mol. The monoisotopic (exact) mass is 436 g/mol. The summed E-state index contributed by atoms with van der Waals surface area (Å²) < 4.78 is 11.4. The molecule has 1 fully saturated rings. The highest BCUT2D eigenvalue weighted by Crippen LogP contribution is 2.36. The molecule has 1 heterocycles. The number of hydrogen-bond donors (Lipinski definition) is 1. The number of amides is 3. The Labute approximate surface area is 163 Å². The molecule has 26 heavy (non-hydrogen) atoms. The Kier molecular flexibility index (Phi) is 5.20. The first-order chi connectivity index (χ1) is 12.4. The van der Waals surface area contributed by atoms with E-state index in [-0.39, 0.29) is 5.70 Å². The molecule has 1 N–H and O–H groups in total. The van der Waals surface area contributed by atoms with Crippen molar-refractivity contribution >= 4 is 51.2 Å². The van der Waals surface area contributed by atoms with Gasteiger partial charge in [-0.05, 0) is 36.4 Å². The van der Waals surface area contributed by atoms with Gasteiger partial charge in [0.25, 0.3) is 5.91 Å². The summed E-state index contributed by atoms with van der Waals surface area (Å²) in [5.74, 6) is 0.460. The third-order valence-electron chi connectivity index (χ3n) is 3.72. The molecule has 3 rings (SSSR count). The maximum absolute atomic E-state index is 12.7. The van der Waals surface area contributed by atoms with Crippen molar-refractivity contribution in [2.45, 2.75) is 0 Å². The molecule has 6 nitrogen and oxygen atoms in total. The highest BCUT2D eigenvalue weighted by atomic mass is 79.9. The number of ether oxygens (including phenoxy) is 2. The first-order valence-electron chi connectivity index (χ1n) is 7.49. The highest BCUT2D eigenvalue weighted by Gasteiger charge is 2.35. The summed E-state index contributed by atoms with van der Waals surface area (Å²) in [5.41, 5.74) is 1.09. The summed E-state index contributed by atoms with van der Waals surface area (Å²) in [7, 11) is 3.02. The van der Waals surface area contributed by atoms with Crippen LogP contribution >= 0.6 is 27.5 Å². The van der Waals surface area contributed by atoms with Gasteiger partial charge in [-0.2, -0.15) is 0 Å². The lowest BCUT2D eigenvalue weighted by molar-refractivity contribution is -0.113. The Morgan fingerprint density at radius 1 is 1.15 bits per heavy atom. The van der Waals surface area contributed by atoms with Crippen LogP contribution in [0.4, 0.5) is 10.5 Å². The molecule has 134 valence electrons. The normalized spacial score (nSPS) is 15.4. The maximum atomic E-state index is 12.7. The number of methoxy groups -OCH3 is 2. The van der Waals surface area contributed by atoms with Gasteiger partial charge in [-0.25, -0.2) is 9.69 Å². The third-order valence-corrected chi connectivity index (χ3v) is 4.41. The zero-order chi connectivity index (χ0) is 18.8. The Hall–Kier alpha value is -2.51. The van der Waals surface area contributed by atoms with Crippen molar-refractivity contribution in [2.75, 3.05) is 19.1 Å². The maximum Gasteiger partial charge on any atom is 0.333 e. The lowest BCUT2D eigenvalue weighted by Gasteiger charge is -2.12. The molecule has 0 aromatic heterocycles. The standard InChI is InChI=1S/C18H14BrClN2O4/c1-25-15-8-11(19)6-10(16(15)26-2)7-14-17(23)22(18(24)21-14)13-5-3-4-12(20)9-13/h3-9H,1-2H3,(H,21,24). The number of nitrogens with zero attached hydrogens (tertiary/aromatic N) is 1. The topological polar surface area (TPSA) is 67.9 Å². The predicted octanol–water partition coefficient (Wildman–Crippen LogP) is 4.22. The minimum Gasteiger partial charge on any atom is -0.493 e. The van der Waals surface area contributed by atoms with E-state index in [2.05, 4.69) is 21.2 Å². The van der Waals surface area contributed by atoms with Crippen LogP contribution in [0.1, 0.15) is 5.56 Å². The van der Waals surface area contributed by atoms with Gasteiger partial charge in [0, 0.05) is 15.1 Å². The second kappa shape index (κ2) is 7.39. The van der Waals surface area contributed by atoms with E-state index in [1.807, 2.05) is 0 Å². The van der Waals surface area contributed by atoms with Crippen molar-refractivity contribution in [3.8, 4) is 11.5 Å². The first kappa shape index (κ1) is 18.3. The fourth-order valence-electron chi connectivity index (χ4n) is 2.61. The van der Waals surface area contributed by atoms with Crippen LogP contribution in [0.3, 0.4) is 0 Å². The van der Waals surface area contributed by atoms with E-state index in [0.29, 0.717) is 27.8 Å². The Balaban J connectivity index is 2.02. The zero-order valence-electron chi connectivity index (χ0n) is 13.9. The van der Waals surface area contributed by atoms with E-state index in [1.54, 1.807) is 36.4 Å². The number of urea groups is 1. The van der Waals surface area contributed by atoms with Crippen LogP contribution < -0.4 is 19.7 Å². The van der Waals surface area contributed by atoms with Gasteiger partial charge in [-0.15, -0.1) is 0 Å². The molecule has 0 bridgehead atoms. The van der Waals surface area contributed by atoms with Gasteiger partial charge >= 0.3 is 6.03 Å². The van der Waals surface area contributed by atoms with Crippen molar-refractivity contribution in [3.63, 3.8) is 0 Å². The molecule has 0 unspecified atom stereocenters. The van der Waals surface area contributed by atoms with Crippen LogP contribution in [0.5, 0.6) is 11.5 Å². The lowest BCUT2D eigenvalue weighted by atomic mass is 10.1. The van der Waals surface area contributed by atoms with Crippen LogP contribution in [0.15, 0.2) is 46.6 Å². The summed E-state index contributed by atoms with van der Waals surface area (Å²) in [6.07, 6.45) is 1.54. The Morgan fingerprint density at radius 3 is 2.58 bits per heavy atom. The molecule has 8 heteroatoms. The molecule has 1 aliphatic heterocycles. The van der Waals surface area contributed by atoms with Crippen molar-refractivity contribution in [1.29, 1.82) is 0 Å². The summed E-state index contributed by atoms with van der Waals surface area (Å²) in [4.78, 5) is 26.0. The number of carbonyl (C=O) groups is 2. The van der Waals surface area contributed by atoms with Gasteiger partial charge in [0.2, 0.25) is 0 Å². The minimum atomic E-state index is -0.551. The second-order valence-corrected chi connectivity index (χ2v) is 6.69. The predicted molar refractivity (Wildman–Crippen MR) is 103 cm³/mol. The Morgan fingerprint density at radius 2 is 1.92 bits per heavy atom. The van der Waals surface area contributed by atoms with E-state index < -0.39 is 11.9 Å². The van der Waals surface area contributed by atoms with E-state index in [0.717, 1.165) is 9.37 Å². The summed E-state index contributed by atoms with van der Waals surface area (Å²) in [6, 6.07) is 9.47. The van der Waals surface area contributed by atoms with Crippen LogP contribution in [0.2, 0.25) is 5.02 Å². The molecule has 0 spiro atoms. The molecule has 3 amide bonds. The lowest BCUT2D eigenvalue weighted by Crippen LogP contribution is -2.30. The molecular formula is C18H14BrClN2O4. The molecule has 1 saturated heterocycles. The van der Waals surface area contributed by atoms with Gasteiger partial charge < -0.3 is 14.8 Å². The van der Waals surface area contributed by atoms with Crippen molar-refractivity contribution in [2.24, 2.45) is 0 Å².